The van der Waals surface area contributed by atoms with Crippen LogP contribution in [0.4, 0.5) is 5.69 Å². The van der Waals surface area contributed by atoms with Crippen molar-refractivity contribution in [2.24, 2.45) is 0 Å². The third kappa shape index (κ3) is 4.92. The lowest BCUT2D eigenvalue weighted by Crippen LogP contribution is -2.45. The predicted octanol–water partition coefficient (Wildman–Crippen LogP) is 5.24. The van der Waals surface area contributed by atoms with Gasteiger partial charge in [0, 0.05) is 11.8 Å². The number of nitrogens with one attached hydrogen (secondary N) is 2. The second-order valence-electron chi connectivity index (χ2n) is 6.79. The minimum absolute atomic E-state index is 0.119. The van der Waals surface area contributed by atoms with E-state index in [0.717, 1.165) is 30.0 Å². The molecule has 0 heterocycles. The zero-order valence-electron chi connectivity index (χ0n) is 16.1. The molecule has 1 saturated carbocycles. The number of anilines is 1. The van der Waals surface area contributed by atoms with Crippen LogP contribution in [0, 0.1) is 0 Å². The van der Waals surface area contributed by atoms with Gasteiger partial charge >= 0.3 is 0 Å². The molecule has 0 bridgehead atoms. The Morgan fingerprint density at radius 2 is 1.63 bits per heavy atom. The number of rotatable bonds is 7. The first-order valence-electron chi connectivity index (χ1n) is 9.70. The van der Waals surface area contributed by atoms with Crippen molar-refractivity contribution in [2.75, 3.05) is 18.5 Å². The summed E-state index contributed by atoms with van der Waals surface area (Å²) in [6.07, 6.45) is 4.54. The summed E-state index contributed by atoms with van der Waals surface area (Å²) < 4.78 is 11.1. The van der Waals surface area contributed by atoms with Crippen molar-refractivity contribution in [1.82, 2.24) is 5.32 Å². The van der Waals surface area contributed by atoms with E-state index >= 15 is 0 Å². The number of thiocarbonyl (C=S) groups is 1. The maximum atomic E-state index is 5.63. The molecule has 144 valence electrons. The van der Waals surface area contributed by atoms with E-state index in [2.05, 4.69) is 22.8 Å². The lowest BCUT2D eigenvalue weighted by Gasteiger charge is -2.32. The molecule has 0 aromatic heterocycles. The normalized spacial score (nSPS) is 15.2. The Balaban J connectivity index is 1.72. The Morgan fingerprint density at radius 1 is 0.963 bits per heavy atom. The lowest BCUT2D eigenvalue weighted by atomic mass is 9.88. The molecular formula is C22H28N2O2S. The predicted molar refractivity (Wildman–Crippen MR) is 115 cm³/mol. The summed E-state index contributed by atoms with van der Waals surface area (Å²) >= 11 is 5.63. The van der Waals surface area contributed by atoms with Gasteiger partial charge in [-0.1, -0.05) is 31.0 Å². The van der Waals surface area contributed by atoms with Crippen molar-refractivity contribution in [3.8, 4) is 11.5 Å². The molecule has 0 spiro atoms. The van der Waals surface area contributed by atoms with Gasteiger partial charge < -0.3 is 20.1 Å². The minimum atomic E-state index is -0.119. The summed E-state index contributed by atoms with van der Waals surface area (Å²) in [5.41, 5.74) is 2.07. The first-order valence-corrected chi connectivity index (χ1v) is 10.1. The largest absolute Gasteiger partial charge is 0.494 e. The number of hydrogen-bond donors (Lipinski definition) is 2. The van der Waals surface area contributed by atoms with Crippen molar-refractivity contribution in [3.63, 3.8) is 0 Å². The number of ether oxygens (including phenoxy) is 2. The zero-order chi connectivity index (χ0) is 19.1. The van der Waals surface area contributed by atoms with Crippen LogP contribution in [0.2, 0.25) is 0 Å². The van der Waals surface area contributed by atoms with E-state index in [0.29, 0.717) is 18.3 Å². The fourth-order valence-corrected chi connectivity index (χ4v) is 4.02. The first-order chi connectivity index (χ1) is 13.1. The molecule has 5 heteroatoms. The van der Waals surface area contributed by atoms with Crippen molar-refractivity contribution in [3.05, 3.63) is 54.1 Å². The van der Waals surface area contributed by atoms with E-state index in [4.69, 9.17) is 21.7 Å². The zero-order valence-corrected chi connectivity index (χ0v) is 16.9. The summed E-state index contributed by atoms with van der Waals surface area (Å²) in [6.45, 7) is 5.30. The van der Waals surface area contributed by atoms with E-state index in [1.54, 1.807) is 0 Å². The molecule has 3 rings (SSSR count). The van der Waals surface area contributed by atoms with Gasteiger partial charge in [0.2, 0.25) is 0 Å². The van der Waals surface area contributed by atoms with E-state index < -0.39 is 0 Å². The smallest absolute Gasteiger partial charge is 0.171 e. The van der Waals surface area contributed by atoms with Gasteiger partial charge in [-0.2, -0.15) is 0 Å². The van der Waals surface area contributed by atoms with E-state index in [1.165, 1.54) is 18.4 Å². The standard InChI is InChI=1S/C22H28N2O2S/c1-3-25-19-12-10-17(11-13-19)22(14-5-6-15-22)24-21(27)23-18-8-7-9-20(16-18)26-4-2/h7-13,16H,3-6,14-15H2,1-2H3,(H2,23,24,27). The molecule has 0 aliphatic heterocycles. The van der Waals surface area contributed by atoms with Crippen molar-refractivity contribution < 1.29 is 9.47 Å². The van der Waals surface area contributed by atoms with Gasteiger partial charge in [0.1, 0.15) is 11.5 Å². The van der Waals surface area contributed by atoms with Crippen LogP contribution in [-0.2, 0) is 5.54 Å². The molecule has 0 unspecified atom stereocenters. The molecule has 2 aromatic rings. The van der Waals surface area contributed by atoms with Crippen LogP contribution in [0.25, 0.3) is 0 Å². The maximum Gasteiger partial charge on any atom is 0.171 e. The summed E-state index contributed by atoms with van der Waals surface area (Å²) in [5.74, 6) is 1.75. The maximum absolute atomic E-state index is 5.63. The van der Waals surface area contributed by atoms with Crippen LogP contribution in [0.1, 0.15) is 45.1 Å². The summed E-state index contributed by atoms with van der Waals surface area (Å²) in [4.78, 5) is 0. The molecule has 4 nitrogen and oxygen atoms in total. The highest BCUT2D eigenvalue weighted by atomic mass is 32.1. The Labute approximate surface area is 167 Å². The Morgan fingerprint density at radius 3 is 2.30 bits per heavy atom. The molecule has 0 radical (unpaired) electrons. The molecular weight excluding hydrogens is 356 g/mol. The summed E-state index contributed by atoms with van der Waals surface area (Å²) in [6, 6.07) is 16.3. The Hall–Kier alpha value is -2.27. The average molecular weight is 385 g/mol. The Bertz CT molecular complexity index is 755. The van der Waals surface area contributed by atoms with Gasteiger partial charge in [0.25, 0.3) is 0 Å². The van der Waals surface area contributed by atoms with E-state index in [1.807, 2.05) is 50.2 Å². The van der Waals surface area contributed by atoms with Crippen LogP contribution in [0.15, 0.2) is 48.5 Å². The van der Waals surface area contributed by atoms with Gasteiger partial charge in [0.05, 0.1) is 18.8 Å². The molecule has 0 saturated heterocycles. The highest BCUT2D eigenvalue weighted by Crippen LogP contribution is 2.39. The summed E-state index contributed by atoms with van der Waals surface area (Å²) in [7, 11) is 0. The summed E-state index contributed by atoms with van der Waals surface area (Å²) in [5, 5.41) is 7.55. The average Bonchev–Trinajstić information content (AvgIpc) is 3.12. The van der Waals surface area contributed by atoms with Gasteiger partial charge in [-0.15, -0.1) is 0 Å². The fourth-order valence-electron chi connectivity index (χ4n) is 3.71. The highest BCUT2D eigenvalue weighted by molar-refractivity contribution is 7.80. The molecule has 2 N–H and O–H groups in total. The number of benzene rings is 2. The van der Waals surface area contributed by atoms with Crippen molar-refractivity contribution in [1.29, 1.82) is 0 Å². The molecule has 1 aliphatic carbocycles. The van der Waals surface area contributed by atoms with Gasteiger partial charge in [-0.3, -0.25) is 0 Å². The van der Waals surface area contributed by atoms with Crippen LogP contribution in [0.3, 0.4) is 0 Å². The topological polar surface area (TPSA) is 42.5 Å². The highest BCUT2D eigenvalue weighted by Gasteiger charge is 2.36. The molecule has 27 heavy (non-hydrogen) atoms. The third-order valence-electron chi connectivity index (χ3n) is 4.93. The van der Waals surface area contributed by atoms with Crippen LogP contribution < -0.4 is 20.1 Å². The monoisotopic (exact) mass is 384 g/mol. The SMILES string of the molecule is CCOc1ccc(C2(NC(=S)Nc3cccc(OCC)c3)CCCC2)cc1. The Kier molecular flexibility index (Phi) is 6.56. The van der Waals surface area contributed by atoms with Gasteiger partial charge in [-0.25, -0.2) is 0 Å². The second kappa shape index (κ2) is 9.09. The fraction of sp³-hybridized carbons (Fsp3) is 0.409. The van der Waals surface area contributed by atoms with E-state index in [-0.39, 0.29) is 5.54 Å². The van der Waals surface area contributed by atoms with Crippen molar-refractivity contribution in [2.45, 2.75) is 45.1 Å². The van der Waals surface area contributed by atoms with E-state index in [9.17, 15) is 0 Å². The lowest BCUT2D eigenvalue weighted by molar-refractivity contribution is 0.339. The van der Waals surface area contributed by atoms with Crippen LogP contribution in [-0.4, -0.2) is 18.3 Å². The molecule has 1 fully saturated rings. The molecule has 1 aliphatic rings. The molecule has 0 amide bonds. The quantitative estimate of drug-likeness (QED) is 0.639. The number of hydrogen-bond acceptors (Lipinski definition) is 3. The second-order valence-corrected chi connectivity index (χ2v) is 7.19. The molecule has 2 aromatic carbocycles. The first kappa shape index (κ1) is 19.5. The van der Waals surface area contributed by atoms with Gasteiger partial charge in [-0.05, 0) is 68.7 Å². The van der Waals surface area contributed by atoms with Gasteiger partial charge in [0.15, 0.2) is 5.11 Å². The molecule has 0 atom stereocenters. The van der Waals surface area contributed by atoms with Crippen LogP contribution in [0.5, 0.6) is 11.5 Å². The minimum Gasteiger partial charge on any atom is -0.494 e. The van der Waals surface area contributed by atoms with Crippen LogP contribution >= 0.6 is 12.2 Å². The third-order valence-corrected chi connectivity index (χ3v) is 5.13. The van der Waals surface area contributed by atoms with Crippen molar-refractivity contribution >= 4 is 23.0 Å².